The predicted molar refractivity (Wildman–Crippen MR) is 168 cm³/mol. The van der Waals surface area contributed by atoms with Gasteiger partial charge in [-0.3, -0.25) is 0 Å². The highest BCUT2D eigenvalue weighted by Crippen LogP contribution is 2.48. The van der Waals surface area contributed by atoms with Gasteiger partial charge in [0.2, 0.25) is 5.00 Å². The van der Waals surface area contributed by atoms with Crippen LogP contribution in [0.3, 0.4) is 0 Å². The molecule has 2 aromatic heterocycles. The lowest BCUT2D eigenvalue weighted by Gasteiger charge is -2.15. The predicted octanol–water partition coefficient (Wildman–Crippen LogP) is 8.95. The normalized spacial score (nSPS) is 11.5. The van der Waals surface area contributed by atoms with E-state index < -0.39 is 21.8 Å². The molecule has 0 amide bonds. The number of nitrogens with zero attached hydrogens (tertiary/aromatic N) is 2. The van der Waals surface area contributed by atoms with Gasteiger partial charge in [-0.15, -0.1) is 0 Å². The summed E-state index contributed by atoms with van der Waals surface area (Å²) in [6.45, 7) is 11.5. The maximum atomic E-state index is 14.8. The number of carboxylic acid groups (broad SMARTS) is 1. The van der Waals surface area contributed by atoms with Gasteiger partial charge in [0.1, 0.15) is 5.82 Å². The fraction of sp³-hybridized carbons (Fsp3) is 0.0588. The van der Waals surface area contributed by atoms with Gasteiger partial charge in [0.15, 0.2) is 0 Å². The molecule has 0 aliphatic rings. The molecule has 0 radical (unpaired) electrons. The first-order valence-electron chi connectivity index (χ1n) is 13.2. The molecule has 43 heavy (non-hydrogen) atoms. The topological polar surface area (TPSA) is 80.7 Å². The smallest absolute Gasteiger partial charge is 0.335 e. The van der Waals surface area contributed by atoms with Crippen LogP contribution in [-0.2, 0) is 10.0 Å². The van der Waals surface area contributed by atoms with Crippen molar-refractivity contribution < 1.29 is 22.7 Å². The number of hydrogen-bond acceptors (Lipinski definition) is 4. The lowest BCUT2D eigenvalue weighted by Crippen LogP contribution is -2.14. The van der Waals surface area contributed by atoms with Gasteiger partial charge < -0.3 is 5.11 Å². The number of carboxylic acids is 1. The van der Waals surface area contributed by atoms with Gasteiger partial charge >= 0.3 is 5.97 Å². The van der Waals surface area contributed by atoms with Gasteiger partial charge in [0.05, 0.1) is 28.2 Å². The Morgan fingerprint density at radius 3 is 2.33 bits per heavy atom. The van der Waals surface area contributed by atoms with Crippen LogP contribution in [0, 0.1) is 26.2 Å². The van der Waals surface area contributed by atoms with E-state index in [4.69, 9.17) is 6.57 Å². The average Bonchev–Trinajstić information content (AvgIpc) is 3.60. The monoisotopic (exact) mass is 606 g/mol. The molecule has 0 spiro atoms. The minimum atomic E-state index is -4.22. The van der Waals surface area contributed by atoms with Gasteiger partial charge in [0.25, 0.3) is 10.0 Å². The van der Waals surface area contributed by atoms with E-state index in [-0.39, 0.29) is 16.0 Å². The summed E-state index contributed by atoms with van der Waals surface area (Å²) in [4.78, 5) is 15.1. The molecule has 0 saturated carbocycles. The summed E-state index contributed by atoms with van der Waals surface area (Å²) < 4.78 is 45.1. The van der Waals surface area contributed by atoms with Gasteiger partial charge in [-0.1, -0.05) is 42.5 Å². The zero-order valence-corrected chi connectivity index (χ0v) is 24.6. The lowest BCUT2D eigenvalue weighted by molar-refractivity contribution is 0.0697. The third-order valence-corrected chi connectivity index (χ3v) is 10.0. The third-order valence-electron chi connectivity index (χ3n) is 7.52. The molecule has 0 aliphatic carbocycles. The molecular weight excluding hydrogens is 584 g/mol. The second kappa shape index (κ2) is 10.7. The summed E-state index contributed by atoms with van der Waals surface area (Å²) in [7, 11) is -4.22. The minimum absolute atomic E-state index is 0.0840. The number of aryl methyl sites for hydroxylation is 2. The van der Waals surface area contributed by atoms with Crippen molar-refractivity contribution in [1.29, 1.82) is 0 Å². The highest BCUT2D eigenvalue weighted by Gasteiger charge is 2.30. The second-order valence-electron chi connectivity index (χ2n) is 10.1. The Hall–Kier alpha value is -5.04. The maximum Gasteiger partial charge on any atom is 0.335 e. The molecule has 0 atom stereocenters. The minimum Gasteiger partial charge on any atom is -0.478 e. The van der Waals surface area contributed by atoms with Crippen LogP contribution in [-0.4, -0.2) is 23.5 Å². The summed E-state index contributed by atoms with van der Waals surface area (Å²) in [6.07, 6.45) is 0. The van der Waals surface area contributed by atoms with E-state index in [9.17, 15) is 22.7 Å². The zero-order valence-electron chi connectivity index (χ0n) is 23.0. The van der Waals surface area contributed by atoms with Gasteiger partial charge in [-0.25, -0.2) is 26.4 Å². The van der Waals surface area contributed by atoms with Crippen molar-refractivity contribution in [2.45, 2.75) is 18.7 Å². The Balaban J connectivity index is 1.72. The third kappa shape index (κ3) is 4.80. The Morgan fingerprint density at radius 1 is 0.884 bits per heavy atom. The van der Waals surface area contributed by atoms with E-state index >= 15 is 0 Å². The van der Waals surface area contributed by atoms with Crippen molar-refractivity contribution in [2.75, 3.05) is 0 Å². The molecule has 0 saturated heterocycles. The van der Waals surface area contributed by atoms with Crippen LogP contribution < -0.4 is 0 Å². The molecule has 0 fully saturated rings. The molecular formula is C34H23FN2O4S2. The van der Waals surface area contributed by atoms with Crippen LogP contribution in [0.5, 0.6) is 0 Å². The molecule has 1 N–H and O–H groups in total. The molecule has 4 aromatic carbocycles. The molecule has 2 heterocycles. The van der Waals surface area contributed by atoms with Crippen molar-refractivity contribution in [1.82, 2.24) is 3.97 Å². The summed E-state index contributed by atoms with van der Waals surface area (Å²) >= 11 is 1.23. The lowest BCUT2D eigenvalue weighted by atomic mass is 9.96. The van der Waals surface area contributed by atoms with E-state index in [1.807, 2.05) is 26.0 Å². The number of aromatic carboxylic acids is 1. The van der Waals surface area contributed by atoms with Crippen molar-refractivity contribution >= 4 is 43.2 Å². The summed E-state index contributed by atoms with van der Waals surface area (Å²) in [5.41, 5.74) is 5.41. The average molecular weight is 607 g/mol. The number of aromatic nitrogens is 1. The Bertz CT molecular complexity index is 2220. The van der Waals surface area contributed by atoms with Crippen LogP contribution in [0.15, 0.2) is 101 Å². The quantitative estimate of drug-likeness (QED) is 0.192. The molecule has 0 aliphatic heterocycles. The highest BCUT2D eigenvalue weighted by molar-refractivity contribution is 7.90. The Labute approximate surface area is 251 Å². The zero-order chi connectivity index (χ0) is 30.5. The first-order valence-corrected chi connectivity index (χ1v) is 15.5. The molecule has 212 valence electrons. The van der Waals surface area contributed by atoms with Gasteiger partial charge in [-0.05, 0) is 90.0 Å². The molecule has 6 rings (SSSR count). The largest absolute Gasteiger partial charge is 0.478 e. The highest BCUT2D eigenvalue weighted by atomic mass is 32.2. The molecule has 0 bridgehead atoms. The number of thiophene rings is 1. The fourth-order valence-corrected chi connectivity index (χ4v) is 7.54. The van der Waals surface area contributed by atoms with Gasteiger partial charge in [0, 0.05) is 22.1 Å². The Morgan fingerprint density at radius 2 is 1.63 bits per heavy atom. The van der Waals surface area contributed by atoms with Crippen LogP contribution in [0.1, 0.15) is 21.5 Å². The van der Waals surface area contributed by atoms with E-state index in [1.165, 1.54) is 45.6 Å². The van der Waals surface area contributed by atoms with E-state index in [0.29, 0.717) is 32.8 Å². The van der Waals surface area contributed by atoms with Crippen LogP contribution in [0.25, 0.3) is 49.3 Å². The van der Waals surface area contributed by atoms with Gasteiger partial charge in [-0.2, -0.15) is 11.3 Å². The Kier molecular flexibility index (Phi) is 6.97. The number of benzene rings is 4. The fourth-order valence-electron chi connectivity index (χ4n) is 5.23. The molecule has 0 unspecified atom stereocenters. The van der Waals surface area contributed by atoms with Crippen molar-refractivity contribution in [3.63, 3.8) is 0 Å². The molecule has 9 heteroatoms. The first kappa shape index (κ1) is 28.1. The van der Waals surface area contributed by atoms with Crippen LogP contribution in [0.4, 0.5) is 9.39 Å². The summed E-state index contributed by atoms with van der Waals surface area (Å²) in [6, 6.07) is 24.3. The first-order chi connectivity index (χ1) is 20.6. The number of fused-ring (bicyclic) bond motifs is 1. The van der Waals surface area contributed by atoms with Crippen molar-refractivity contribution in [3.05, 3.63) is 130 Å². The van der Waals surface area contributed by atoms with Crippen LogP contribution >= 0.6 is 11.3 Å². The SMILES string of the molecule is [C-]#[N+]c1sccc1-c1c(-c2cccc(-c3ccc(C(=O)O)cc3)c2)n(S(=O)(=O)c2ccc(C)c(C)c2)c2ccc(F)cc12. The van der Waals surface area contributed by atoms with E-state index in [0.717, 1.165) is 22.3 Å². The van der Waals surface area contributed by atoms with Crippen LogP contribution in [0.2, 0.25) is 0 Å². The summed E-state index contributed by atoms with van der Waals surface area (Å²) in [5, 5.41) is 11.8. The van der Waals surface area contributed by atoms with Crippen molar-refractivity contribution in [2.24, 2.45) is 0 Å². The number of hydrogen-bond donors (Lipinski definition) is 1. The standard InChI is InChI=1S/C34H23FN2O4S2/c1-20-7-13-27(17-21(20)2)43(40,41)37-30-14-12-26(35)19-29(30)31(28-15-16-42-33(28)36-3)32(37)25-6-4-5-24(18-25)22-8-10-23(11-9-22)34(38)39/h4-19H,1-2H3,(H,38,39). The molecule has 6 aromatic rings. The number of rotatable bonds is 6. The van der Waals surface area contributed by atoms with E-state index in [1.54, 1.807) is 53.9 Å². The van der Waals surface area contributed by atoms with Crippen molar-refractivity contribution in [3.8, 4) is 33.5 Å². The molecule has 6 nitrogen and oxygen atoms in total. The number of carbonyl (C=O) groups is 1. The number of halogens is 1. The summed E-state index contributed by atoms with van der Waals surface area (Å²) in [5.74, 6) is -1.57. The van der Waals surface area contributed by atoms with E-state index in [2.05, 4.69) is 4.85 Å². The maximum absolute atomic E-state index is 14.8. The second-order valence-corrected chi connectivity index (χ2v) is 12.8.